The number of amides is 1. The summed E-state index contributed by atoms with van der Waals surface area (Å²) >= 11 is 1.31. The van der Waals surface area contributed by atoms with Crippen LogP contribution < -0.4 is 0 Å². The lowest BCUT2D eigenvalue weighted by Crippen LogP contribution is -2.41. The Morgan fingerprint density at radius 2 is 1.81 bits per heavy atom. The molecule has 0 fully saturated rings. The molecule has 0 saturated heterocycles. The van der Waals surface area contributed by atoms with E-state index >= 15 is 0 Å². The van der Waals surface area contributed by atoms with Crippen LogP contribution in [0, 0.1) is 0 Å². The number of aromatic amines is 1. The Hall–Kier alpha value is -3.91. The van der Waals surface area contributed by atoms with Crippen molar-refractivity contribution < 1.29 is 4.79 Å². The number of imidazole rings is 1. The zero-order valence-corrected chi connectivity index (χ0v) is 17.8. The highest BCUT2D eigenvalue weighted by atomic mass is 32.1. The number of H-pyrrole nitrogens is 1. The molecule has 0 aliphatic carbocycles. The molecule has 2 aromatic carbocycles. The Balaban J connectivity index is 1.40. The number of nitrogens with zero attached hydrogens (tertiary/aromatic N) is 5. The van der Waals surface area contributed by atoms with Crippen LogP contribution in [0.5, 0.6) is 0 Å². The number of carbonyl (C=O) groups is 1. The highest BCUT2D eigenvalue weighted by molar-refractivity contribution is 7.16. The van der Waals surface area contributed by atoms with Gasteiger partial charge in [0, 0.05) is 35.8 Å². The number of carbonyl (C=O) groups excluding carboxylic acids is 1. The van der Waals surface area contributed by atoms with Gasteiger partial charge in [0.25, 0.3) is 5.91 Å². The second-order valence-corrected chi connectivity index (χ2v) is 8.63. The van der Waals surface area contributed by atoms with Crippen LogP contribution in [0.15, 0.2) is 73.2 Å². The smallest absolute Gasteiger partial charge is 0.285 e. The highest BCUT2D eigenvalue weighted by Crippen LogP contribution is 2.35. The van der Waals surface area contributed by atoms with Crippen molar-refractivity contribution in [2.24, 2.45) is 0 Å². The molecule has 8 heteroatoms. The number of aromatic nitrogens is 5. The summed E-state index contributed by atoms with van der Waals surface area (Å²) in [7, 11) is 0. The minimum atomic E-state index is -0.383. The summed E-state index contributed by atoms with van der Waals surface area (Å²) in [4.78, 5) is 27.9. The SMILES string of the molecule is O=C(c1nnc(-c2ccccc2)s1)N1CCc2[nH]cnc2[C@H]1c1cc2ccccc2cn1. The molecule has 1 atom stereocenters. The van der Waals surface area contributed by atoms with E-state index in [2.05, 4.69) is 26.2 Å². The predicted octanol–water partition coefficient (Wildman–Crippen LogP) is 4.26. The fourth-order valence-corrected chi connectivity index (χ4v) is 4.98. The molecule has 0 spiro atoms. The summed E-state index contributed by atoms with van der Waals surface area (Å²) in [5, 5.41) is 11.7. The molecule has 0 saturated carbocycles. The maximum absolute atomic E-state index is 13.6. The molecule has 1 N–H and O–H groups in total. The third kappa shape index (κ3) is 3.16. The Morgan fingerprint density at radius 1 is 1.00 bits per heavy atom. The summed E-state index contributed by atoms with van der Waals surface area (Å²) < 4.78 is 0. The van der Waals surface area contributed by atoms with E-state index in [-0.39, 0.29) is 11.9 Å². The second kappa shape index (κ2) is 7.65. The molecule has 0 bridgehead atoms. The molecule has 0 radical (unpaired) electrons. The Labute approximate surface area is 187 Å². The largest absolute Gasteiger partial charge is 0.348 e. The summed E-state index contributed by atoms with van der Waals surface area (Å²) in [6.07, 6.45) is 4.24. The zero-order valence-electron chi connectivity index (χ0n) is 17.0. The van der Waals surface area contributed by atoms with Crippen molar-refractivity contribution in [1.82, 2.24) is 30.0 Å². The molecule has 1 aliphatic heterocycles. The van der Waals surface area contributed by atoms with Crippen molar-refractivity contribution in [1.29, 1.82) is 0 Å². The Bertz CT molecular complexity index is 1430. The summed E-state index contributed by atoms with van der Waals surface area (Å²) in [5.41, 5.74) is 3.61. The van der Waals surface area contributed by atoms with Crippen molar-refractivity contribution in [3.8, 4) is 10.6 Å². The van der Waals surface area contributed by atoms with Gasteiger partial charge in [0.2, 0.25) is 5.01 Å². The van der Waals surface area contributed by atoms with Crippen LogP contribution in [-0.4, -0.2) is 42.5 Å². The molecule has 0 unspecified atom stereocenters. The van der Waals surface area contributed by atoms with E-state index in [1.54, 1.807) is 6.33 Å². The summed E-state index contributed by atoms with van der Waals surface area (Å²) in [5.74, 6) is -0.154. The fourth-order valence-electron chi connectivity index (χ4n) is 4.17. The number of hydrogen-bond acceptors (Lipinski definition) is 6. The van der Waals surface area contributed by atoms with E-state index in [1.807, 2.05) is 65.7 Å². The van der Waals surface area contributed by atoms with E-state index < -0.39 is 0 Å². The maximum Gasteiger partial charge on any atom is 0.285 e. The third-order valence-electron chi connectivity index (χ3n) is 5.75. The normalized spacial score (nSPS) is 15.6. The molecular formula is C24H18N6OS. The lowest BCUT2D eigenvalue weighted by molar-refractivity contribution is 0.0686. The second-order valence-electron chi connectivity index (χ2n) is 7.65. The lowest BCUT2D eigenvalue weighted by Gasteiger charge is -2.34. The molecule has 7 nitrogen and oxygen atoms in total. The van der Waals surface area contributed by atoms with E-state index in [4.69, 9.17) is 4.98 Å². The predicted molar refractivity (Wildman–Crippen MR) is 122 cm³/mol. The fraction of sp³-hybridized carbons (Fsp3) is 0.125. The maximum atomic E-state index is 13.6. The molecule has 5 aromatic rings. The minimum absolute atomic E-state index is 0.154. The first-order valence-corrected chi connectivity index (χ1v) is 11.2. The molecule has 6 rings (SSSR count). The third-order valence-corrected chi connectivity index (χ3v) is 6.71. The first kappa shape index (κ1) is 18.8. The van der Waals surface area contributed by atoms with Crippen LogP contribution >= 0.6 is 11.3 Å². The number of nitrogens with one attached hydrogen (secondary N) is 1. The number of pyridine rings is 1. The van der Waals surface area contributed by atoms with Crippen LogP contribution in [0.2, 0.25) is 0 Å². The van der Waals surface area contributed by atoms with Crippen LogP contribution in [0.25, 0.3) is 21.3 Å². The molecule has 3 aromatic heterocycles. The van der Waals surface area contributed by atoms with Gasteiger partial charge in [-0.3, -0.25) is 9.78 Å². The molecule has 156 valence electrons. The summed E-state index contributed by atoms with van der Waals surface area (Å²) in [6, 6.07) is 19.5. The van der Waals surface area contributed by atoms with E-state index in [0.29, 0.717) is 18.0 Å². The van der Waals surface area contributed by atoms with Gasteiger partial charge in [-0.25, -0.2) is 4.98 Å². The number of benzene rings is 2. The molecule has 4 heterocycles. The van der Waals surface area contributed by atoms with E-state index in [9.17, 15) is 4.79 Å². The van der Waals surface area contributed by atoms with Gasteiger partial charge >= 0.3 is 0 Å². The van der Waals surface area contributed by atoms with Gasteiger partial charge in [-0.05, 0) is 11.5 Å². The van der Waals surface area contributed by atoms with Gasteiger partial charge in [-0.2, -0.15) is 0 Å². The minimum Gasteiger partial charge on any atom is -0.348 e. The van der Waals surface area contributed by atoms with Crippen molar-refractivity contribution in [2.45, 2.75) is 12.5 Å². The van der Waals surface area contributed by atoms with Crippen LogP contribution in [0.4, 0.5) is 0 Å². The van der Waals surface area contributed by atoms with Crippen molar-refractivity contribution >= 4 is 28.0 Å². The van der Waals surface area contributed by atoms with Gasteiger partial charge < -0.3 is 9.88 Å². The van der Waals surface area contributed by atoms with Gasteiger partial charge in [-0.15, -0.1) is 10.2 Å². The Kier molecular flexibility index (Phi) is 4.50. The van der Waals surface area contributed by atoms with Gasteiger partial charge in [0.05, 0.1) is 17.7 Å². The van der Waals surface area contributed by atoms with Crippen LogP contribution in [0.1, 0.15) is 32.9 Å². The molecule has 1 aliphatic rings. The average Bonchev–Trinajstić information content (AvgIpc) is 3.53. The topological polar surface area (TPSA) is 87.7 Å². The van der Waals surface area contributed by atoms with Gasteiger partial charge in [-0.1, -0.05) is 65.9 Å². The van der Waals surface area contributed by atoms with Gasteiger partial charge in [0.15, 0.2) is 0 Å². The van der Waals surface area contributed by atoms with Crippen molar-refractivity contribution in [3.05, 3.63) is 95.3 Å². The lowest BCUT2D eigenvalue weighted by atomic mass is 9.98. The highest BCUT2D eigenvalue weighted by Gasteiger charge is 2.36. The average molecular weight is 439 g/mol. The van der Waals surface area contributed by atoms with E-state index in [1.165, 1.54) is 11.3 Å². The standard InChI is InChI=1S/C24H18N6OS/c31-24(23-29-28-22(32-23)15-6-2-1-3-7-15)30-11-10-18-20(27-14-26-18)21(30)19-12-16-8-4-5-9-17(16)13-25-19/h1-9,12-14,21H,10-11H2,(H,26,27)/t21-/m1/s1. The number of rotatable bonds is 3. The first-order chi connectivity index (χ1) is 15.8. The van der Waals surface area contributed by atoms with Gasteiger partial charge in [0.1, 0.15) is 11.0 Å². The van der Waals surface area contributed by atoms with Crippen molar-refractivity contribution in [3.63, 3.8) is 0 Å². The molecule has 32 heavy (non-hydrogen) atoms. The van der Waals surface area contributed by atoms with E-state index in [0.717, 1.165) is 38.4 Å². The zero-order chi connectivity index (χ0) is 21.5. The number of fused-ring (bicyclic) bond motifs is 2. The number of hydrogen-bond donors (Lipinski definition) is 1. The summed E-state index contributed by atoms with van der Waals surface area (Å²) in [6.45, 7) is 0.549. The van der Waals surface area contributed by atoms with Crippen LogP contribution in [-0.2, 0) is 6.42 Å². The molecule has 1 amide bonds. The van der Waals surface area contributed by atoms with Crippen LogP contribution in [0.3, 0.4) is 0 Å². The monoisotopic (exact) mass is 438 g/mol. The molecular weight excluding hydrogens is 420 g/mol. The Morgan fingerprint density at radius 3 is 2.69 bits per heavy atom. The first-order valence-electron chi connectivity index (χ1n) is 10.3. The quantitative estimate of drug-likeness (QED) is 0.455. The van der Waals surface area contributed by atoms with Crippen molar-refractivity contribution in [2.75, 3.05) is 6.54 Å².